The Morgan fingerprint density at radius 3 is 2.79 bits per heavy atom. The van der Waals surface area contributed by atoms with Crippen LogP contribution in [-0.4, -0.2) is 11.7 Å². The average molecular weight is 197 g/mol. The number of alkyl carbamates (subject to hydrolysis) is 1. The Morgan fingerprint density at radius 1 is 1.57 bits per heavy atom. The molecule has 0 bridgehead atoms. The smallest absolute Gasteiger partial charge is 0.408 e. The summed E-state index contributed by atoms with van der Waals surface area (Å²) in [7, 11) is 0. The van der Waals surface area contributed by atoms with E-state index in [0.29, 0.717) is 12.3 Å². The highest BCUT2D eigenvalue weighted by atomic mass is 16.6. The number of amides is 1. The molecule has 0 atom stereocenters. The van der Waals surface area contributed by atoms with Gasteiger partial charge in [0.25, 0.3) is 0 Å². The quantitative estimate of drug-likeness (QED) is 0.791. The van der Waals surface area contributed by atoms with Crippen LogP contribution in [0.3, 0.4) is 0 Å². The number of carbonyl (C=O) groups is 1. The number of hydrogen-bond acceptors (Lipinski definition) is 3. The first kappa shape index (κ1) is 10.6. The van der Waals surface area contributed by atoms with E-state index in [0.717, 1.165) is 0 Å². The van der Waals surface area contributed by atoms with Crippen molar-refractivity contribution in [1.29, 1.82) is 0 Å². The van der Waals surface area contributed by atoms with Crippen molar-refractivity contribution in [2.75, 3.05) is 0 Å². The maximum absolute atomic E-state index is 11.2. The summed E-state index contributed by atoms with van der Waals surface area (Å²) in [6.45, 7) is 5.81. The summed E-state index contributed by atoms with van der Waals surface area (Å²) in [4.78, 5) is 11.2. The second-order valence-corrected chi connectivity index (χ2v) is 3.93. The van der Waals surface area contributed by atoms with Crippen molar-refractivity contribution in [2.24, 2.45) is 0 Å². The van der Waals surface area contributed by atoms with Crippen LogP contribution in [0.1, 0.15) is 26.5 Å². The van der Waals surface area contributed by atoms with Crippen LogP contribution in [-0.2, 0) is 11.3 Å². The maximum atomic E-state index is 11.2. The third-order valence-corrected chi connectivity index (χ3v) is 1.39. The molecule has 78 valence electrons. The Bertz CT molecular complexity index is 285. The molecule has 0 aromatic carbocycles. The van der Waals surface area contributed by atoms with Crippen molar-refractivity contribution >= 4 is 6.09 Å². The van der Waals surface area contributed by atoms with Crippen LogP contribution in [0.25, 0.3) is 0 Å². The average Bonchev–Trinajstić information content (AvgIpc) is 2.49. The lowest BCUT2D eigenvalue weighted by Crippen LogP contribution is -2.32. The summed E-state index contributed by atoms with van der Waals surface area (Å²) in [6.07, 6.45) is 1.13. The van der Waals surface area contributed by atoms with E-state index in [4.69, 9.17) is 9.15 Å². The van der Waals surface area contributed by atoms with Crippen LogP contribution < -0.4 is 5.32 Å². The largest absolute Gasteiger partial charge is 0.467 e. The van der Waals surface area contributed by atoms with Gasteiger partial charge in [-0.3, -0.25) is 0 Å². The van der Waals surface area contributed by atoms with Crippen LogP contribution in [0.4, 0.5) is 4.79 Å². The Hall–Kier alpha value is -1.45. The summed E-state index contributed by atoms with van der Waals surface area (Å²) in [6, 6.07) is 3.56. The molecule has 0 saturated carbocycles. The Kier molecular flexibility index (Phi) is 3.17. The van der Waals surface area contributed by atoms with Gasteiger partial charge in [-0.2, -0.15) is 0 Å². The van der Waals surface area contributed by atoms with Gasteiger partial charge in [-0.05, 0) is 32.9 Å². The van der Waals surface area contributed by atoms with Crippen LogP contribution in [0.15, 0.2) is 22.8 Å². The number of nitrogens with one attached hydrogen (secondary N) is 1. The lowest BCUT2D eigenvalue weighted by molar-refractivity contribution is 0.0520. The fraction of sp³-hybridized carbons (Fsp3) is 0.500. The molecule has 0 aliphatic heterocycles. The van der Waals surface area contributed by atoms with E-state index < -0.39 is 11.7 Å². The summed E-state index contributed by atoms with van der Waals surface area (Å²) in [5, 5.41) is 2.59. The molecule has 4 heteroatoms. The van der Waals surface area contributed by atoms with Gasteiger partial charge >= 0.3 is 6.09 Å². The molecule has 1 rings (SSSR count). The molecule has 14 heavy (non-hydrogen) atoms. The van der Waals surface area contributed by atoms with Crippen LogP contribution in [0.5, 0.6) is 0 Å². The molecule has 1 aromatic heterocycles. The molecule has 0 radical (unpaired) electrons. The standard InChI is InChI=1S/C10H15NO3/c1-10(2,3)14-9(12)11-7-8-5-4-6-13-8/h4-6H,7H2,1-3H3,(H,11,12). The number of ether oxygens (including phenoxy) is 1. The minimum atomic E-state index is -0.465. The summed E-state index contributed by atoms with van der Waals surface area (Å²) < 4.78 is 10.1. The number of hydrogen-bond donors (Lipinski definition) is 1. The van der Waals surface area contributed by atoms with Gasteiger partial charge in [0.2, 0.25) is 0 Å². The first-order valence-corrected chi connectivity index (χ1v) is 4.46. The highest BCUT2D eigenvalue weighted by Gasteiger charge is 2.15. The van der Waals surface area contributed by atoms with Gasteiger partial charge in [0, 0.05) is 0 Å². The van der Waals surface area contributed by atoms with E-state index in [1.807, 2.05) is 20.8 Å². The highest BCUT2D eigenvalue weighted by molar-refractivity contribution is 5.67. The summed E-state index contributed by atoms with van der Waals surface area (Å²) >= 11 is 0. The number of carbonyl (C=O) groups excluding carboxylic acids is 1. The zero-order chi connectivity index (χ0) is 10.6. The van der Waals surface area contributed by atoms with Crippen LogP contribution >= 0.6 is 0 Å². The van der Waals surface area contributed by atoms with E-state index >= 15 is 0 Å². The van der Waals surface area contributed by atoms with Crippen molar-refractivity contribution in [3.05, 3.63) is 24.2 Å². The molecule has 0 spiro atoms. The third kappa shape index (κ3) is 3.98. The van der Waals surface area contributed by atoms with Gasteiger partial charge in [-0.15, -0.1) is 0 Å². The van der Waals surface area contributed by atoms with E-state index in [1.54, 1.807) is 18.4 Å². The molecule has 1 amide bonds. The van der Waals surface area contributed by atoms with Crippen molar-refractivity contribution in [2.45, 2.75) is 32.9 Å². The third-order valence-electron chi connectivity index (χ3n) is 1.39. The molecule has 0 aliphatic carbocycles. The zero-order valence-electron chi connectivity index (χ0n) is 8.66. The van der Waals surface area contributed by atoms with Gasteiger partial charge in [0.15, 0.2) is 0 Å². The van der Waals surface area contributed by atoms with Gasteiger partial charge in [-0.1, -0.05) is 0 Å². The van der Waals surface area contributed by atoms with E-state index in [2.05, 4.69) is 5.32 Å². The monoisotopic (exact) mass is 197 g/mol. The van der Waals surface area contributed by atoms with Gasteiger partial charge in [-0.25, -0.2) is 4.79 Å². The molecular formula is C10H15NO3. The summed E-state index contributed by atoms with van der Waals surface area (Å²) in [5.74, 6) is 0.704. The molecule has 4 nitrogen and oxygen atoms in total. The predicted octanol–water partition coefficient (Wildman–Crippen LogP) is 2.30. The minimum absolute atomic E-state index is 0.349. The molecule has 0 fully saturated rings. The topological polar surface area (TPSA) is 51.5 Å². The molecule has 0 saturated heterocycles. The van der Waals surface area contributed by atoms with E-state index in [9.17, 15) is 4.79 Å². The van der Waals surface area contributed by atoms with Gasteiger partial charge < -0.3 is 14.5 Å². The lowest BCUT2D eigenvalue weighted by Gasteiger charge is -2.19. The molecular weight excluding hydrogens is 182 g/mol. The molecule has 0 unspecified atom stereocenters. The Labute approximate surface area is 83.2 Å². The fourth-order valence-corrected chi connectivity index (χ4v) is 0.887. The molecule has 0 aliphatic rings. The lowest BCUT2D eigenvalue weighted by atomic mass is 10.2. The van der Waals surface area contributed by atoms with Crippen LogP contribution in [0, 0.1) is 0 Å². The Morgan fingerprint density at radius 2 is 2.29 bits per heavy atom. The Balaban J connectivity index is 2.29. The first-order valence-electron chi connectivity index (χ1n) is 4.46. The zero-order valence-corrected chi connectivity index (χ0v) is 8.66. The predicted molar refractivity (Wildman–Crippen MR) is 51.8 cm³/mol. The number of rotatable bonds is 2. The second-order valence-electron chi connectivity index (χ2n) is 3.93. The number of furan rings is 1. The minimum Gasteiger partial charge on any atom is -0.467 e. The summed E-state index contributed by atoms with van der Waals surface area (Å²) in [5.41, 5.74) is -0.465. The second kappa shape index (κ2) is 4.17. The van der Waals surface area contributed by atoms with Crippen molar-refractivity contribution < 1.29 is 13.9 Å². The van der Waals surface area contributed by atoms with Crippen molar-refractivity contribution in [3.8, 4) is 0 Å². The van der Waals surface area contributed by atoms with Gasteiger partial charge in [0.05, 0.1) is 12.8 Å². The van der Waals surface area contributed by atoms with Crippen molar-refractivity contribution in [3.63, 3.8) is 0 Å². The van der Waals surface area contributed by atoms with Crippen molar-refractivity contribution in [1.82, 2.24) is 5.32 Å². The van der Waals surface area contributed by atoms with E-state index in [-0.39, 0.29) is 0 Å². The normalized spacial score (nSPS) is 11.1. The van der Waals surface area contributed by atoms with Crippen LogP contribution in [0.2, 0.25) is 0 Å². The molecule has 1 aromatic rings. The molecule has 1 N–H and O–H groups in total. The highest BCUT2D eigenvalue weighted by Crippen LogP contribution is 2.07. The molecule has 1 heterocycles. The first-order chi connectivity index (χ1) is 6.47. The SMILES string of the molecule is CC(C)(C)OC(=O)NCc1ccco1. The van der Waals surface area contributed by atoms with E-state index in [1.165, 1.54) is 0 Å². The van der Waals surface area contributed by atoms with Gasteiger partial charge in [0.1, 0.15) is 11.4 Å². The maximum Gasteiger partial charge on any atom is 0.408 e. The fourth-order valence-electron chi connectivity index (χ4n) is 0.887.